The van der Waals surface area contributed by atoms with Crippen LogP contribution >= 0.6 is 27.7 Å². The van der Waals surface area contributed by atoms with Gasteiger partial charge in [-0.25, -0.2) is 4.79 Å². The van der Waals surface area contributed by atoms with E-state index in [9.17, 15) is 9.59 Å². The molecular weight excluding hydrogens is 378 g/mol. The fraction of sp³-hybridized carbons (Fsp3) is 0.176. The van der Waals surface area contributed by atoms with Crippen LogP contribution < -0.4 is 5.32 Å². The lowest BCUT2D eigenvalue weighted by molar-refractivity contribution is -0.113. The maximum atomic E-state index is 12.1. The van der Waals surface area contributed by atoms with Gasteiger partial charge in [-0.3, -0.25) is 4.79 Å². The van der Waals surface area contributed by atoms with Crippen molar-refractivity contribution in [3.8, 4) is 0 Å². The average Bonchev–Trinajstić information content (AvgIpc) is 2.55. The maximum Gasteiger partial charge on any atom is 0.340 e. The van der Waals surface area contributed by atoms with E-state index in [1.165, 1.54) is 11.8 Å². The van der Waals surface area contributed by atoms with Gasteiger partial charge in [0, 0.05) is 9.37 Å². The maximum absolute atomic E-state index is 12.1. The Morgan fingerprint density at radius 3 is 2.52 bits per heavy atom. The van der Waals surface area contributed by atoms with Crippen LogP contribution in [0.5, 0.6) is 0 Å². The first-order valence-electron chi connectivity index (χ1n) is 7.04. The summed E-state index contributed by atoms with van der Waals surface area (Å²) in [5, 5.41) is 2.76. The summed E-state index contributed by atoms with van der Waals surface area (Å²) >= 11 is 4.80. The zero-order valence-corrected chi connectivity index (χ0v) is 14.9. The average molecular weight is 394 g/mol. The van der Waals surface area contributed by atoms with E-state index in [1.807, 2.05) is 24.3 Å². The Bertz CT molecular complexity index is 688. The Balaban J connectivity index is 1.97. The van der Waals surface area contributed by atoms with Crippen LogP contribution in [0.3, 0.4) is 0 Å². The van der Waals surface area contributed by atoms with E-state index in [0.29, 0.717) is 17.9 Å². The molecule has 23 heavy (non-hydrogen) atoms. The third-order valence-electron chi connectivity index (χ3n) is 2.88. The molecule has 0 atom stereocenters. The van der Waals surface area contributed by atoms with Gasteiger partial charge in [-0.15, -0.1) is 11.8 Å². The zero-order chi connectivity index (χ0) is 16.7. The predicted octanol–water partition coefficient (Wildman–Crippen LogP) is 4.36. The number of thioether (sulfide) groups is 1. The minimum atomic E-state index is -0.441. The molecule has 0 bridgehead atoms. The molecule has 0 heterocycles. The number of amides is 1. The number of hydrogen-bond donors (Lipinski definition) is 1. The normalized spacial score (nSPS) is 10.2. The van der Waals surface area contributed by atoms with Gasteiger partial charge in [0.1, 0.15) is 0 Å². The minimum Gasteiger partial charge on any atom is -0.462 e. The fourth-order valence-corrected chi connectivity index (χ4v) is 2.81. The van der Waals surface area contributed by atoms with Crippen molar-refractivity contribution in [3.05, 3.63) is 58.6 Å². The SMILES string of the molecule is CCOC(=O)c1ccccc1NC(=O)CSc1ccc(Br)cc1. The lowest BCUT2D eigenvalue weighted by atomic mass is 10.2. The smallest absolute Gasteiger partial charge is 0.340 e. The molecule has 120 valence electrons. The van der Waals surface area contributed by atoms with Crippen molar-refractivity contribution in [1.29, 1.82) is 0 Å². The Labute approximate surface area is 147 Å². The molecule has 0 saturated carbocycles. The van der Waals surface area contributed by atoms with Crippen LogP contribution in [0.1, 0.15) is 17.3 Å². The predicted molar refractivity (Wildman–Crippen MR) is 95.9 cm³/mol. The number of ether oxygens (including phenoxy) is 1. The van der Waals surface area contributed by atoms with Gasteiger partial charge in [0.25, 0.3) is 0 Å². The second-order valence-corrected chi connectivity index (χ2v) is 6.52. The Morgan fingerprint density at radius 1 is 1.13 bits per heavy atom. The minimum absolute atomic E-state index is 0.172. The molecule has 6 heteroatoms. The molecule has 0 aliphatic carbocycles. The first-order chi connectivity index (χ1) is 11.1. The monoisotopic (exact) mass is 393 g/mol. The summed E-state index contributed by atoms with van der Waals surface area (Å²) < 4.78 is 5.99. The molecule has 0 aromatic heterocycles. The highest BCUT2D eigenvalue weighted by atomic mass is 79.9. The van der Waals surface area contributed by atoms with E-state index in [1.54, 1.807) is 31.2 Å². The van der Waals surface area contributed by atoms with Crippen molar-refractivity contribution in [3.63, 3.8) is 0 Å². The van der Waals surface area contributed by atoms with Crippen molar-refractivity contribution in [2.24, 2.45) is 0 Å². The molecule has 2 aromatic rings. The standard InChI is InChI=1S/C17H16BrNO3S/c1-2-22-17(21)14-5-3-4-6-15(14)19-16(20)11-23-13-9-7-12(18)8-10-13/h3-10H,2,11H2,1H3,(H,19,20). The largest absolute Gasteiger partial charge is 0.462 e. The van der Waals surface area contributed by atoms with Crippen LogP contribution in [0.25, 0.3) is 0 Å². The molecule has 2 aromatic carbocycles. The molecule has 0 aliphatic heterocycles. The molecule has 0 unspecified atom stereocenters. The molecule has 2 rings (SSSR count). The summed E-state index contributed by atoms with van der Waals surface area (Å²) in [5.41, 5.74) is 0.823. The number of benzene rings is 2. The van der Waals surface area contributed by atoms with E-state index in [0.717, 1.165) is 9.37 Å². The summed E-state index contributed by atoms with van der Waals surface area (Å²) in [6.07, 6.45) is 0. The molecule has 0 radical (unpaired) electrons. The third kappa shape index (κ3) is 5.41. The van der Waals surface area contributed by atoms with E-state index in [-0.39, 0.29) is 11.7 Å². The van der Waals surface area contributed by atoms with Crippen molar-refractivity contribution >= 4 is 45.3 Å². The van der Waals surface area contributed by atoms with Gasteiger partial charge in [-0.2, -0.15) is 0 Å². The quantitative estimate of drug-likeness (QED) is 0.585. The number of rotatable bonds is 6. The molecule has 4 nitrogen and oxygen atoms in total. The lowest BCUT2D eigenvalue weighted by Crippen LogP contribution is -2.17. The Morgan fingerprint density at radius 2 is 1.83 bits per heavy atom. The summed E-state index contributed by atoms with van der Waals surface area (Å²) in [6.45, 7) is 2.04. The molecule has 1 amide bonds. The highest BCUT2D eigenvalue weighted by molar-refractivity contribution is 9.10. The zero-order valence-electron chi connectivity index (χ0n) is 12.5. The Kier molecular flexibility index (Phi) is 6.67. The first-order valence-corrected chi connectivity index (χ1v) is 8.82. The van der Waals surface area contributed by atoms with Crippen LogP contribution in [0.2, 0.25) is 0 Å². The lowest BCUT2D eigenvalue weighted by Gasteiger charge is -2.10. The van der Waals surface area contributed by atoms with E-state index in [4.69, 9.17) is 4.74 Å². The molecule has 0 aliphatic rings. The third-order valence-corrected chi connectivity index (χ3v) is 4.42. The topological polar surface area (TPSA) is 55.4 Å². The van der Waals surface area contributed by atoms with Gasteiger partial charge in [0.15, 0.2) is 0 Å². The second kappa shape index (κ2) is 8.74. The first kappa shape index (κ1) is 17.6. The van der Waals surface area contributed by atoms with Crippen molar-refractivity contribution < 1.29 is 14.3 Å². The Hall–Kier alpha value is -1.79. The number of esters is 1. The van der Waals surface area contributed by atoms with Crippen LogP contribution in [0, 0.1) is 0 Å². The van der Waals surface area contributed by atoms with Gasteiger partial charge in [-0.05, 0) is 43.3 Å². The van der Waals surface area contributed by atoms with E-state index < -0.39 is 5.97 Å². The van der Waals surface area contributed by atoms with Crippen molar-refractivity contribution in [1.82, 2.24) is 0 Å². The van der Waals surface area contributed by atoms with Crippen LogP contribution in [0.15, 0.2) is 57.9 Å². The van der Waals surface area contributed by atoms with Crippen LogP contribution in [0.4, 0.5) is 5.69 Å². The van der Waals surface area contributed by atoms with Gasteiger partial charge in [0.2, 0.25) is 5.91 Å². The second-order valence-electron chi connectivity index (χ2n) is 4.56. The number of anilines is 1. The number of para-hydroxylation sites is 1. The van der Waals surface area contributed by atoms with Gasteiger partial charge >= 0.3 is 5.97 Å². The summed E-state index contributed by atoms with van der Waals surface area (Å²) in [6, 6.07) is 14.6. The van der Waals surface area contributed by atoms with E-state index in [2.05, 4.69) is 21.2 Å². The van der Waals surface area contributed by atoms with E-state index >= 15 is 0 Å². The molecule has 0 saturated heterocycles. The van der Waals surface area contributed by atoms with Gasteiger partial charge < -0.3 is 10.1 Å². The molecular formula is C17H16BrNO3S. The van der Waals surface area contributed by atoms with Crippen LogP contribution in [-0.2, 0) is 9.53 Å². The van der Waals surface area contributed by atoms with Gasteiger partial charge in [0.05, 0.1) is 23.6 Å². The summed E-state index contributed by atoms with van der Waals surface area (Å²) in [5.74, 6) is -0.350. The van der Waals surface area contributed by atoms with Crippen molar-refractivity contribution in [2.45, 2.75) is 11.8 Å². The highest BCUT2D eigenvalue weighted by Gasteiger charge is 2.13. The molecule has 1 N–H and O–H groups in total. The fourth-order valence-electron chi connectivity index (χ4n) is 1.84. The summed E-state index contributed by atoms with van der Waals surface area (Å²) in [4.78, 5) is 25.0. The van der Waals surface area contributed by atoms with Crippen LogP contribution in [-0.4, -0.2) is 24.2 Å². The molecule has 0 fully saturated rings. The highest BCUT2D eigenvalue weighted by Crippen LogP contribution is 2.21. The number of carbonyl (C=O) groups excluding carboxylic acids is 2. The van der Waals surface area contributed by atoms with Crippen molar-refractivity contribution in [2.75, 3.05) is 17.7 Å². The number of hydrogen-bond acceptors (Lipinski definition) is 4. The van der Waals surface area contributed by atoms with Gasteiger partial charge in [-0.1, -0.05) is 28.1 Å². The number of nitrogens with one attached hydrogen (secondary N) is 1. The number of carbonyl (C=O) groups is 2. The summed E-state index contributed by atoms with van der Waals surface area (Å²) in [7, 11) is 0. The number of halogens is 1. The molecule has 0 spiro atoms.